The number of halogens is 2. The lowest BCUT2D eigenvalue weighted by atomic mass is 9.87. The van der Waals surface area contributed by atoms with Crippen molar-refractivity contribution in [1.82, 2.24) is 9.80 Å². The van der Waals surface area contributed by atoms with Crippen LogP contribution in [0, 0.1) is 24.6 Å². The number of hydrogen-bond donors (Lipinski definition) is 0. The lowest BCUT2D eigenvalue weighted by molar-refractivity contribution is -0.130. The molecular formula is C22H24ClFN2O. The number of nitrogens with zero attached hydrogens (tertiary/aromatic N) is 2. The number of fused-ring (bicyclic) bond motifs is 1. The van der Waals surface area contributed by atoms with E-state index in [1.54, 1.807) is 13.0 Å². The molecule has 0 unspecified atom stereocenters. The fourth-order valence-electron chi connectivity index (χ4n) is 4.87. The zero-order chi connectivity index (χ0) is 19.1. The van der Waals surface area contributed by atoms with Gasteiger partial charge >= 0.3 is 0 Å². The Kier molecular flexibility index (Phi) is 4.95. The van der Waals surface area contributed by atoms with Crippen LogP contribution in [0.25, 0.3) is 0 Å². The van der Waals surface area contributed by atoms with E-state index in [0.717, 1.165) is 25.2 Å². The van der Waals surface area contributed by atoms with E-state index < -0.39 is 0 Å². The molecule has 0 aliphatic carbocycles. The van der Waals surface area contributed by atoms with Gasteiger partial charge in [-0.2, -0.15) is 0 Å². The minimum atomic E-state index is -0.294. The SMILES string of the molecule is CC(=O)N1C[C@H]2CN(Cc3cc(F)cc(Cl)c3)C[C@H]2[C@@H]1c1ccccc1C. The lowest BCUT2D eigenvalue weighted by Crippen LogP contribution is -2.34. The van der Waals surface area contributed by atoms with Gasteiger partial charge in [0.1, 0.15) is 5.82 Å². The Bertz CT molecular complexity index is 851. The van der Waals surface area contributed by atoms with Crippen molar-refractivity contribution in [3.8, 4) is 0 Å². The topological polar surface area (TPSA) is 23.6 Å². The van der Waals surface area contributed by atoms with Gasteiger partial charge in [0, 0.05) is 44.0 Å². The monoisotopic (exact) mass is 386 g/mol. The number of rotatable bonds is 3. The van der Waals surface area contributed by atoms with Gasteiger partial charge in [-0.25, -0.2) is 4.39 Å². The van der Waals surface area contributed by atoms with Crippen LogP contribution >= 0.6 is 11.6 Å². The van der Waals surface area contributed by atoms with Crippen LogP contribution in [0.1, 0.15) is 29.7 Å². The van der Waals surface area contributed by atoms with Gasteiger partial charge in [0.2, 0.25) is 5.91 Å². The molecule has 2 aliphatic rings. The number of likely N-dealkylation sites (tertiary alicyclic amines) is 2. The van der Waals surface area contributed by atoms with Gasteiger partial charge in [-0.3, -0.25) is 9.69 Å². The first-order valence-electron chi connectivity index (χ1n) is 9.42. The molecule has 0 spiro atoms. The number of amides is 1. The third-order valence-electron chi connectivity index (χ3n) is 5.98. The zero-order valence-electron chi connectivity index (χ0n) is 15.7. The first-order chi connectivity index (χ1) is 12.9. The minimum Gasteiger partial charge on any atom is -0.335 e. The van der Waals surface area contributed by atoms with Gasteiger partial charge in [-0.15, -0.1) is 0 Å². The predicted molar refractivity (Wildman–Crippen MR) is 105 cm³/mol. The maximum atomic E-state index is 13.7. The van der Waals surface area contributed by atoms with Crippen molar-refractivity contribution < 1.29 is 9.18 Å². The molecule has 27 heavy (non-hydrogen) atoms. The Morgan fingerprint density at radius 3 is 2.67 bits per heavy atom. The van der Waals surface area contributed by atoms with E-state index in [0.29, 0.717) is 23.4 Å². The van der Waals surface area contributed by atoms with E-state index in [9.17, 15) is 9.18 Å². The fourth-order valence-corrected chi connectivity index (χ4v) is 5.11. The maximum absolute atomic E-state index is 13.7. The summed E-state index contributed by atoms with van der Waals surface area (Å²) in [5, 5.41) is 0.435. The van der Waals surface area contributed by atoms with Crippen LogP contribution in [0.5, 0.6) is 0 Å². The van der Waals surface area contributed by atoms with Gasteiger partial charge in [-0.1, -0.05) is 35.9 Å². The highest BCUT2D eigenvalue weighted by Crippen LogP contribution is 2.46. The molecule has 5 heteroatoms. The van der Waals surface area contributed by atoms with Crippen molar-refractivity contribution in [1.29, 1.82) is 0 Å². The van der Waals surface area contributed by atoms with Crippen LogP contribution < -0.4 is 0 Å². The lowest BCUT2D eigenvalue weighted by Gasteiger charge is -2.30. The van der Waals surface area contributed by atoms with Crippen molar-refractivity contribution >= 4 is 17.5 Å². The molecule has 0 bridgehead atoms. The normalized spacial score (nSPS) is 25.0. The van der Waals surface area contributed by atoms with Crippen LogP contribution in [0.4, 0.5) is 4.39 Å². The van der Waals surface area contributed by atoms with E-state index in [1.165, 1.54) is 17.2 Å². The molecule has 3 nitrogen and oxygen atoms in total. The summed E-state index contributed by atoms with van der Waals surface area (Å²) in [7, 11) is 0. The second-order valence-corrected chi connectivity index (χ2v) is 8.30. The molecular weight excluding hydrogens is 363 g/mol. The summed E-state index contributed by atoms with van der Waals surface area (Å²) in [5.41, 5.74) is 3.37. The Morgan fingerprint density at radius 2 is 1.96 bits per heavy atom. The quantitative estimate of drug-likeness (QED) is 0.778. The summed E-state index contributed by atoms with van der Waals surface area (Å²) in [4.78, 5) is 16.7. The Balaban J connectivity index is 1.57. The first kappa shape index (κ1) is 18.5. The summed E-state index contributed by atoms with van der Waals surface area (Å²) in [5.74, 6) is 0.695. The number of aryl methyl sites for hydroxylation is 1. The van der Waals surface area contributed by atoms with Crippen LogP contribution in [0.3, 0.4) is 0 Å². The van der Waals surface area contributed by atoms with Crippen LogP contribution in [0.2, 0.25) is 5.02 Å². The second kappa shape index (κ2) is 7.25. The van der Waals surface area contributed by atoms with Crippen molar-refractivity contribution in [2.45, 2.75) is 26.4 Å². The molecule has 3 atom stereocenters. The number of carbonyl (C=O) groups is 1. The third kappa shape index (κ3) is 3.61. The molecule has 2 aromatic rings. The summed E-state index contributed by atoms with van der Waals surface area (Å²) >= 11 is 6.00. The van der Waals surface area contributed by atoms with E-state index >= 15 is 0 Å². The van der Waals surface area contributed by atoms with E-state index in [4.69, 9.17) is 11.6 Å². The predicted octanol–water partition coefficient (Wildman–Crippen LogP) is 4.44. The van der Waals surface area contributed by atoms with Gasteiger partial charge in [0.05, 0.1) is 6.04 Å². The van der Waals surface area contributed by atoms with Crippen molar-refractivity contribution in [2.75, 3.05) is 19.6 Å². The summed E-state index contributed by atoms with van der Waals surface area (Å²) in [6, 6.07) is 13.2. The zero-order valence-corrected chi connectivity index (χ0v) is 16.4. The molecule has 2 aromatic carbocycles. The van der Waals surface area contributed by atoms with Crippen molar-refractivity contribution in [2.24, 2.45) is 11.8 Å². The molecule has 0 N–H and O–H groups in total. The summed E-state index contributed by atoms with van der Waals surface area (Å²) < 4.78 is 13.7. The van der Waals surface area contributed by atoms with E-state index in [1.807, 2.05) is 17.0 Å². The number of hydrogen-bond acceptors (Lipinski definition) is 2. The summed E-state index contributed by atoms with van der Waals surface area (Å²) in [6.45, 7) is 7.08. The number of carbonyl (C=O) groups excluding carboxylic acids is 1. The largest absolute Gasteiger partial charge is 0.335 e. The Hall–Kier alpha value is -1.91. The maximum Gasteiger partial charge on any atom is 0.219 e. The van der Waals surface area contributed by atoms with E-state index in [2.05, 4.69) is 30.0 Å². The Labute approximate surface area is 164 Å². The van der Waals surface area contributed by atoms with E-state index in [-0.39, 0.29) is 17.8 Å². The Morgan fingerprint density at radius 1 is 1.19 bits per heavy atom. The molecule has 142 valence electrons. The van der Waals surface area contributed by atoms with Crippen LogP contribution in [-0.2, 0) is 11.3 Å². The van der Waals surface area contributed by atoms with Gasteiger partial charge in [-0.05, 0) is 47.7 Å². The fraction of sp³-hybridized carbons (Fsp3) is 0.409. The van der Waals surface area contributed by atoms with Crippen molar-refractivity contribution in [3.05, 3.63) is 70.0 Å². The molecule has 0 aromatic heterocycles. The summed E-state index contributed by atoms with van der Waals surface area (Å²) in [6.07, 6.45) is 0. The van der Waals surface area contributed by atoms with Crippen molar-refractivity contribution in [3.63, 3.8) is 0 Å². The first-order valence-corrected chi connectivity index (χ1v) is 9.80. The van der Waals surface area contributed by atoms with Gasteiger partial charge in [0.15, 0.2) is 0 Å². The van der Waals surface area contributed by atoms with Crippen LogP contribution in [-0.4, -0.2) is 35.3 Å². The standard InChI is InChI=1S/C22H24ClFN2O/c1-14-5-3-4-6-20(14)22-21-13-25(11-17(21)12-26(22)15(2)27)10-16-7-18(23)9-19(24)8-16/h3-9,17,21-22H,10-13H2,1-2H3/t17-,21-,22+/m1/s1. The van der Waals surface area contributed by atoms with Crippen LogP contribution in [0.15, 0.2) is 42.5 Å². The minimum absolute atomic E-state index is 0.120. The average molecular weight is 387 g/mol. The van der Waals surface area contributed by atoms with Gasteiger partial charge < -0.3 is 4.90 Å². The van der Waals surface area contributed by atoms with Gasteiger partial charge in [0.25, 0.3) is 0 Å². The average Bonchev–Trinajstić information content (AvgIpc) is 3.11. The molecule has 2 fully saturated rings. The molecule has 2 aliphatic heterocycles. The molecule has 0 radical (unpaired) electrons. The highest BCUT2D eigenvalue weighted by molar-refractivity contribution is 6.30. The highest BCUT2D eigenvalue weighted by atomic mass is 35.5. The molecule has 1 amide bonds. The molecule has 4 rings (SSSR count). The smallest absolute Gasteiger partial charge is 0.219 e. The molecule has 2 saturated heterocycles. The third-order valence-corrected chi connectivity index (χ3v) is 6.20. The molecule has 0 saturated carbocycles. The second-order valence-electron chi connectivity index (χ2n) is 7.87. The number of benzene rings is 2. The molecule has 2 heterocycles. The highest BCUT2D eigenvalue weighted by Gasteiger charge is 2.48.